The van der Waals surface area contributed by atoms with Crippen molar-refractivity contribution < 1.29 is 56.2 Å². The van der Waals surface area contributed by atoms with Gasteiger partial charge in [-0.3, -0.25) is 9.35 Å². The zero-order chi connectivity index (χ0) is 51.0. The summed E-state index contributed by atoms with van der Waals surface area (Å²) >= 11 is 0. The SMILES string of the molecule is CCCCC/C=C\C/C=C\CCCCCCCCCC(=O)OC(COCCCCCCCCCCCCCCCCCCCCCCCCCCCC)COC1OC(CO)C(O)C(OS(=O)(=O)O)C1O. The quantitative estimate of drug-likeness (QED) is 0.0196. The zero-order valence-electron chi connectivity index (χ0n) is 44.8. The molecule has 1 rings (SSSR count). The van der Waals surface area contributed by atoms with E-state index in [0.29, 0.717) is 13.0 Å². The Morgan fingerprint density at radius 3 is 1.39 bits per heavy atom. The number of aliphatic hydroxyl groups is 3. The third kappa shape index (κ3) is 41.0. The predicted octanol–water partition coefficient (Wildman–Crippen LogP) is 14.3. The van der Waals surface area contributed by atoms with E-state index in [0.717, 1.165) is 51.4 Å². The molecule has 0 aromatic heterocycles. The fraction of sp³-hybridized carbons (Fsp3) is 0.912. The van der Waals surface area contributed by atoms with Crippen LogP contribution in [0.2, 0.25) is 0 Å². The van der Waals surface area contributed by atoms with Gasteiger partial charge in [0.05, 0.1) is 19.8 Å². The average Bonchev–Trinajstić information content (AvgIpc) is 3.34. The highest BCUT2D eigenvalue weighted by Crippen LogP contribution is 2.26. The lowest BCUT2D eigenvalue weighted by atomic mass is 9.99. The van der Waals surface area contributed by atoms with Crippen LogP contribution >= 0.6 is 0 Å². The summed E-state index contributed by atoms with van der Waals surface area (Å²) in [4.78, 5) is 12.9. The minimum atomic E-state index is -5.07. The largest absolute Gasteiger partial charge is 0.457 e. The normalized spacial score (nSPS) is 19.2. The molecule has 12 nitrogen and oxygen atoms in total. The maximum absolute atomic E-state index is 12.9. The third-order valence-corrected chi connectivity index (χ3v) is 14.0. The predicted molar refractivity (Wildman–Crippen MR) is 285 cm³/mol. The van der Waals surface area contributed by atoms with Gasteiger partial charge in [-0.1, -0.05) is 244 Å². The van der Waals surface area contributed by atoms with E-state index < -0.39 is 59.8 Å². The molecule has 1 saturated heterocycles. The van der Waals surface area contributed by atoms with Crippen LogP contribution in [0, 0.1) is 0 Å². The molecule has 6 atom stereocenters. The van der Waals surface area contributed by atoms with Crippen molar-refractivity contribution in [3.05, 3.63) is 24.3 Å². The third-order valence-electron chi connectivity index (χ3n) is 13.6. The molecule has 1 aliphatic heterocycles. The fourth-order valence-corrected chi connectivity index (χ4v) is 9.69. The number of unbranched alkanes of at least 4 members (excludes halogenated alkanes) is 35. The van der Waals surface area contributed by atoms with Gasteiger partial charge in [-0.25, -0.2) is 4.18 Å². The first-order valence-electron chi connectivity index (χ1n) is 29.1. The Labute approximate surface area is 429 Å². The lowest BCUT2D eigenvalue weighted by Gasteiger charge is -2.41. The average molecular weight is 1020 g/mol. The summed E-state index contributed by atoms with van der Waals surface area (Å²) in [6.45, 7) is 4.02. The van der Waals surface area contributed by atoms with Gasteiger partial charge in [-0.15, -0.1) is 0 Å². The molecule has 0 radical (unpaired) electrons. The summed E-state index contributed by atoms with van der Waals surface area (Å²) in [6, 6.07) is 0. The lowest BCUT2D eigenvalue weighted by Crippen LogP contribution is -2.60. The van der Waals surface area contributed by atoms with Crippen LogP contribution in [0.25, 0.3) is 0 Å². The maximum atomic E-state index is 12.9. The number of ether oxygens (including phenoxy) is 4. The van der Waals surface area contributed by atoms with Crippen LogP contribution in [0.3, 0.4) is 0 Å². The lowest BCUT2D eigenvalue weighted by molar-refractivity contribution is -0.301. The van der Waals surface area contributed by atoms with Gasteiger partial charge in [0.1, 0.15) is 30.5 Å². The smallest absolute Gasteiger partial charge is 0.397 e. The molecule has 1 fully saturated rings. The van der Waals surface area contributed by atoms with Crippen molar-refractivity contribution in [1.29, 1.82) is 0 Å². The minimum Gasteiger partial charge on any atom is -0.457 e. The number of aliphatic hydroxyl groups excluding tert-OH is 3. The number of hydrogen-bond donors (Lipinski definition) is 4. The van der Waals surface area contributed by atoms with Gasteiger partial charge in [0.2, 0.25) is 0 Å². The number of allylic oxidation sites excluding steroid dienone is 4. The van der Waals surface area contributed by atoms with Gasteiger partial charge in [-0.05, 0) is 44.9 Å². The number of hydrogen-bond acceptors (Lipinski definition) is 11. The number of rotatable bonds is 52. The number of esters is 1. The molecule has 0 aromatic carbocycles. The Bertz CT molecular complexity index is 1310. The highest BCUT2D eigenvalue weighted by atomic mass is 32.3. The number of carbonyl (C=O) groups is 1. The molecule has 13 heteroatoms. The molecule has 0 bridgehead atoms. The van der Waals surface area contributed by atoms with Gasteiger partial charge in [0, 0.05) is 13.0 Å². The molecule has 0 aliphatic carbocycles. The monoisotopic (exact) mass is 1020 g/mol. The van der Waals surface area contributed by atoms with Gasteiger partial charge >= 0.3 is 16.4 Å². The first-order valence-corrected chi connectivity index (χ1v) is 30.5. The molecule has 1 heterocycles. The first-order chi connectivity index (χ1) is 34.1. The van der Waals surface area contributed by atoms with E-state index in [9.17, 15) is 33.1 Å². The van der Waals surface area contributed by atoms with E-state index in [4.69, 9.17) is 18.9 Å². The molecule has 4 N–H and O–H groups in total. The second kappa shape index (κ2) is 48.5. The zero-order valence-corrected chi connectivity index (χ0v) is 45.7. The van der Waals surface area contributed by atoms with Crippen LogP contribution in [-0.4, -0.2) is 97.5 Å². The van der Waals surface area contributed by atoms with E-state index >= 15 is 0 Å². The van der Waals surface area contributed by atoms with Crippen molar-refractivity contribution in [2.45, 2.75) is 307 Å². The Balaban J connectivity index is 2.26. The van der Waals surface area contributed by atoms with Gasteiger partial charge in [-0.2, -0.15) is 8.42 Å². The number of carbonyl (C=O) groups excluding carboxylic acids is 1. The fourth-order valence-electron chi connectivity index (χ4n) is 9.18. The van der Waals surface area contributed by atoms with Crippen molar-refractivity contribution in [3.63, 3.8) is 0 Å². The second-order valence-corrected chi connectivity index (χ2v) is 21.3. The van der Waals surface area contributed by atoms with E-state index in [2.05, 4.69) is 42.3 Å². The Morgan fingerprint density at radius 1 is 0.543 bits per heavy atom. The summed E-state index contributed by atoms with van der Waals surface area (Å²) < 4.78 is 59.4. The summed E-state index contributed by atoms with van der Waals surface area (Å²) in [7, 11) is -5.07. The Morgan fingerprint density at radius 2 is 0.943 bits per heavy atom. The van der Waals surface area contributed by atoms with Gasteiger partial charge in [0.25, 0.3) is 0 Å². The van der Waals surface area contributed by atoms with Crippen LogP contribution in [0.1, 0.15) is 271 Å². The summed E-state index contributed by atoms with van der Waals surface area (Å²) in [5, 5.41) is 30.8. The molecule has 70 heavy (non-hydrogen) atoms. The van der Waals surface area contributed by atoms with Crippen LogP contribution in [-0.2, 0) is 38.3 Å². The first kappa shape index (κ1) is 66.6. The van der Waals surface area contributed by atoms with E-state index in [1.807, 2.05) is 0 Å². The standard InChI is InChI=1S/C57H108O12S/c1-3-5-7-9-11-13-15-17-19-21-22-23-24-25-26-27-28-29-31-33-35-37-39-41-43-45-47-65-49-51(50-66-57-55(61)56(69-70(62,63)64)54(60)52(48-58)68-57)67-53(59)46-44-42-40-38-36-34-32-30-20-18-16-14-12-10-8-6-4-2/h12,14,18,20,51-52,54-58,60-61H,3-11,13,15-17,19,21-50H2,1-2H3,(H,62,63,64)/b14-12-,20-18-. The molecular weight excluding hydrogens is 909 g/mol. The summed E-state index contributed by atoms with van der Waals surface area (Å²) in [5.74, 6) is -0.402. The van der Waals surface area contributed by atoms with Crippen LogP contribution in [0.5, 0.6) is 0 Å². The van der Waals surface area contributed by atoms with Crippen LogP contribution < -0.4 is 0 Å². The van der Waals surface area contributed by atoms with Crippen molar-refractivity contribution >= 4 is 16.4 Å². The Hall–Kier alpha value is -1.42. The van der Waals surface area contributed by atoms with Crippen LogP contribution in [0.15, 0.2) is 24.3 Å². The molecule has 0 saturated carbocycles. The van der Waals surface area contributed by atoms with E-state index in [1.54, 1.807) is 0 Å². The van der Waals surface area contributed by atoms with E-state index in [1.165, 1.54) is 193 Å². The van der Waals surface area contributed by atoms with Crippen molar-refractivity contribution in [3.8, 4) is 0 Å². The molecule has 0 aromatic rings. The minimum absolute atomic E-state index is 0.0376. The molecule has 0 amide bonds. The highest BCUT2D eigenvalue weighted by molar-refractivity contribution is 7.80. The van der Waals surface area contributed by atoms with Crippen molar-refractivity contribution in [2.24, 2.45) is 0 Å². The topological polar surface area (TPSA) is 178 Å². The highest BCUT2D eigenvalue weighted by Gasteiger charge is 2.48. The molecular formula is C57H108O12S. The summed E-state index contributed by atoms with van der Waals surface area (Å²) in [6.07, 6.45) is 49.4. The molecule has 1 aliphatic rings. The van der Waals surface area contributed by atoms with Crippen LogP contribution in [0.4, 0.5) is 0 Å². The molecule has 6 unspecified atom stereocenters. The Kier molecular flexibility index (Phi) is 46.2. The van der Waals surface area contributed by atoms with Crippen molar-refractivity contribution in [2.75, 3.05) is 26.4 Å². The second-order valence-electron chi connectivity index (χ2n) is 20.2. The van der Waals surface area contributed by atoms with Gasteiger partial charge < -0.3 is 34.3 Å². The maximum Gasteiger partial charge on any atom is 0.397 e. The van der Waals surface area contributed by atoms with Gasteiger partial charge in [0.15, 0.2) is 6.29 Å². The molecule has 414 valence electrons. The molecule has 0 spiro atoms. The summed E-state index contributed by atoms with van der Waals surface area (Å²) in [5.41, 5.74) is 0. The van der Waals surface area contributed by atoms with E-state index in [-0.39, 0.29) is 19.6 Å². The van der Waals surface area contributed by atoms with Crippen molar-refractivity contribution in [1.82, 2.24) is 0 Å².